The minimum atomic E-state index is -0.219. The van der Waals surface area contributed by atoms with Gasteiger partial charge in [-0.1, -0.05) is 0 Å². The summed E-state index contributed by atoms with van der Waals surface area (Å²) in [6.07, 6.45) is 6.03. The number of aromatic nitrogens is 3. The molecule has 114 valence electrons. The molecule has 0 fully saturated rings. The van der Waals surface area contributed by atoms with Crippen molar-refractivity contribution in [2.75, 3.05) is 6.54 Å². The molecule has 2 heterocycles. The summed E-state index contributed by atoms with van der Waals surface area (Å²) in [6, 6.07) is 3.36. The van der Waals surface area contributed by atoms with Crippen molar-refractivity contribution in [3.63, 3.8) is 0 Å². The summed E-state index contributed by atoms with van der Waals surface area (Å²) in [6.45, 7) is 0.705. The van der Waals surface area contributed by atoms with E-state index in [0.717, 1.165) is 35.0 Å². The van der Waals surface area contributed by atoms with Crippen LogP contribution >= 0.6 is 15.9 Å². The summed E-state index contributed by atoms with van der Waals surface area (Å²) in [7, 11) is 0. The Bertz CT molecular complexity index is 772. The average molecular weight is 363 g/mol. The molecule has 0 saturated carbocycles. The molecule has 0 aromatic carbocycles. The van der Waals surface area contributed by atoms with Crippen LogP contribution in [0.25, 0.3) is 0 Å². The second-order valence-corrected chi connectivity index (χ2v) is 6.09. The van der Waals surface area contributed by atoms with Crippen molar-refractivity contribution >= 4 is 21.8 Å². The lowest BCUT2D eigenvalue weighted by Crippen LogP contribution is -2.32. The zero-order chi connectivity index (χ0) is 15.5. The van der Waals surface area contributed by atoms with Crippen LogP contribution in [0, 0.1) is 0 Å². The lowest BCUT2D eigenvalue weighted by Gasteiger charge is -2.08. The first-order valence-electron chi connectivity index (χ1n) is 7.12. The first kappa shape index (κ1) is 14.9. The van der Waals surface area contributed by atoms with Crippen molar-refractivity contribution < 1.29 is 4.79 Å². The maximum Gasteiger partial charge on any atom is 0.267 e. The molecular formula is C15H15BrN4O2. The Hall–Kier alpha value is -2.02. The molecule has 7 heteroatoms. The van der Waals surface area contributed by atoms with Crippen LogP contribution in [0.15, 0.2) is 33.8 Å². The molecule has 0 bridgehead atoms. The monoisotopic (exact) mass is 362 g/mol. The number of carbonyl (C=O) groups excluding carboxylic acids is 1. The van der Waals surface area contributed by atoms with E-state index in [-0.39, 0.29) is 11.5 Å². The molecule has 0 saturated heterocycles. The van der Waals surface area contributed by atoms with Crippen molar-refractivity contribution in [1.29, 1.82) is 0 Å². The number of hydrogen-bond donors (Lipinski definition) is 1. The minimum Gasteiger partial charge on any atom is -0.350 e. The molecule has 0 aliphatic heterocycles. The van der Waals surface area contributed by atoms with Crippen LogP contribution in [0.4, 0.5) is 0 Å². The molecule has 1 N–H and O–H groups in total. The van der Waals surface area contributed by atoms with Crippen molar-refractivity contribution in [2.24, 2.45) is 0 Å². The number of halogens is 1. The van der Waals surface area contributed by atoms with Crippen LogP contribution < -0.4 is 10.9 Å². The van der Waals surface area contributed by atoms with Crippen molar-refractivity contribution in [3.05, 3.63) is 56.2 Å². The Balaban J connectivity index is 1.62. The van der Waals surface area contributed by atoms with Gasteiger partial charge in [0, 0.05) is 29.5 Å². The Labute approximate surface area is 135 Å². The van der Waals surface area contributed by atoms with Crippen LogP contribution in [-0.2, 0) is 19.4 Å². The fraction of sp³-hybridized carbons (Fsp3) is 0.333. The maximum absolute atomic E-state index is 12.0. The highest BCUT2D eigenvalue weighted by atomic mass is 79.9. The lowest BCUT2D eigenvalue weighted by molar-refractivity contribution is 0.0951. The van der Waals surface area contributed by atoms with Gasteiger partial charge in [0.05, 0.1) is 17.8 Å². The fourth-order valence-electron chi connectivity index (χ4n) is 2.51. The van der Waals surface area contributed by atoms with Gasteiger partial charge in [-0.15, -0.1) is 0 Å². The maximum atomic E-state index is 12.0. The number of pyridine rings is 1. The molecule has 0 atom stereocenters. The molecule has 22 heavy (non-hydrogen) atoms. The first-order valence-corrected chi connectivity index (χ1v) is 7.91. The van der Waals surface area contributed by atoms with Gasteiger partial charge in [-0.25, -0.2) is 4.68 Å². The molecule has 2 aromatic rings. The normalized spacial score (nSPS) is 13.0. The molecule has 6 nitrogen and oxygen atoms in total. The third-order valence-corrected chi connectivity index (χ3v) is 4.03. The standard InChI is InChI=1S/C15H15BrN4O2/c16-12-6-11(8-17-9-12)15(22)18-4-5-20-14(21)7-10-2-1-3-13(10)19-20/h6-9H,1-5H2,(H,18,22). The van der Waals surface area contributed by atoms with Gasteiger partial charge in [-0.2, -0.15) is 5.10 Å². The van der Waals surface area contributed by atoms with Gasteiger partial charge in [0.2, 0.25) is 0 Å². The van der Waals surface area contributed by atoms with E-state index >= 15 is 0 Å². The predicted molar refractivity (Wildman–Crippen MR) is 84.8 cm³/mol. The van der Waals surface area contributed by atoms with Crippen LogP contribution in [0.5, 0.6) is 0 Å². The van der Waals surface area contributed by atoms with Gasteiger partial charge >= 0.3 is 0 Å². The summed E-state index contributed by atoms with van der Waals surface area (Å²) >= 11 is 3.28. The average Bonchev–Trinajstić information content (AvgIpc) is 2.94. The molecular weight excluding hydrogens is 348 g/mol. The summed E-state index contributed by atoms with van der Waals surface area (Å²) in [4.78, 5) is 27.9. The molecule has 1 amide bonds. The number of nitrogens with one attached hydrogen (secondary N) is 1. The first-order chi connectivity index (χ1) is 10.6. The van der Waals surface area contributed by atoms with Crippen LogP contribution in [0.2, 0.25) is 0 Å². The summed E-state index contributed by atoms with van der Waals surface area (Å²) in [5.41, 5.74) is 2.43. The smallest absolute Gasteiger partial charge is 0.267 e. The van der Waals surface area contributed by atoms with Gasteiger partial charge in [0.1, 0.15) is 0 Å². The highest BCUT2D eigenvalue weighted by Gasteiger charge is 2.14. The third kappa shape index (κ3) is 3.24. The van der Waals surface area contributed by atoms with E-state index in [1.165, 1.54) is 10.9 Å². The highest BCUT2D eigenvalue weighted by Crippen LogP contribution is 2.16. The van der Waals surface area contributed by atoms with Gasteiger partial charge < -0.3 is 5.32 Å². The number of nitrogens with zero attached hydrogens (tertiary/aromatic N) is 3. The summed E-state index contributed by atoms with van der Waals surface area (Å²) in [5, 5.41) is 7.14. The fourth-order valence-corrected chi connectivity index (χ4v) is 2.88. The largest absolute Gasteiger partial charge is 0.350 e. The van der Waals surface area contributed by atoms with E-state index in [0.29, 0.717) is 18.7 Å². The highest BCUT2D eigenvalue weighted by molar-refractivity contribution is 9.10. The second kappa shape index (κ2) is 6.39. The second-order valence-electron chi connectivity index (χ2n) is 5.18. The molecule has 0 spiro atoms. The van der Waals surface area contributed by atoms with E-state index in [1.54, 1.807) is 18.3 Å². The third-order valence-electron chi connectivity index (χ3n) is 3.60. The molecule has 1 aliphatic carbocycles. The van der Waals surface area contributed by atoms with E-state index in [2.05, 4.69) is 31.3 Å². The van der Waals surface area contributed by atoms with E-state index < -0.39 is 0 Å². The lowest BCUT2D eigenvalue weighted by atomic mass is 10.2. The van der Waals surface area contributed by atoms with E-state index in [1.807, 2.05) is 0 Å². The Morgan fingerprint density at radius 3 is 3.00 bits per heavy atom. The molecule has 2 aromatic heterocycles. The number of rotatable bonds is 4. The summed E-state index contributed by atoms with van der Waals surface area (Å²) in [5.74, 6) is -0.219. The predicted octanol–water partition coefficient (Wildman–Crippen LogP) is 1.32. The summed E-state index contributed by atoms with van der Waals surface area (Å²) < 4.78 is 2.17. The zero-order valence-corrected chi connectivity index (χ0v) is 13.5. The van der Waals surface area contributed by atoms with Gasteiger partial charge in [-0.05, 0) is 46.8 Å². The topological polar surface area (TPSA) is 76.9 Å². The minimum absolute atomic E-state index is 0.112. The zero-order valence-electron chi connectivity index (χ0n) is 11.9. The Morgan fingerprint density at radius 2 is 2.18 bits per heavy atom. The number of aryl methyl sites for hydroxylation is 2. The van der Waals surface area contributed by atoms with Gasteiger partial charge in [0.25, 0.3) is 11.5 Å². The number of amides is 1. The molecule has 1 aliphatic rings. The van der Waals surface area contributed by atoms with Crippen molar-refractivity contribution in [2.45, 2.75) is 25.8 Å². The molecule has 0 radical (unpaired) electrons. The van der Waals surface area contributed by atoms with Gasteiger partial charge in [0.15, 0.2) is 0 Å². The van der Waals surface area contributed by atoms with Crippen LogP contribution in [0.3, 0.4) is 0 Å². The Morgan fingerprint density at radius 1 is 1.32 bits per heavy atom. The quantitative estimate of drug-likeness (QED) is 0.889. The van der Waals surface area contributed by atoms with Crippen molar-refractivity contribution in [3.8, 4) is 0 Å². The molecule has 0 unspecified atom stereocenters. The number of carbonyl (C=O) groups is 1. The van der Waals surface area contributed by atoms with Crippen molar-refractivity contribution in [1.82, 2.24) is 20.1 Å². The van der Waals surface area contributed by atoms with E-state index in [4.69, 9.17) is 0 Å². The number of hydrogen-bond acceptors (Lipinski definition) is 4. The van der Waals surface area contributed by atoms with Crippen LogP contribution in [-0.4, -0.2) is 27.2 Å². The van der Waals surface area contributed by atoms with E-state index in [9.17, 15) is 9.59 Å². The van der Waals surface area contributed by atoms with Gasteiger partial charge in [-0.3, -0.25) is 14.6 Å². The molecule has 3 rings (SSSR count). The Kier molecular flexibility index (Phi) is 4.33. The SMILES string of the molecule is O=C(NCCn1nc2c(cc1=O)CCC2)c1cncc(Br)c1. The van der Waals surface area contributed by atoms with Crippen LogP contribution in [0.1, 0.15) is 28.0 Å². The number of fused-ring (bicyclic) bond motifs is 1.